The number of benzene rings is 3. The maximum atomic E-state index is 14.0. The normalized spacial score (nSPS) is 14.7. The molecule has 0 saturated heterocycles. The molecule has 1 aliphatic rings. The van der Waals surface area contributed by atoms with Gasteiger partial charge < -0.3 is 18.8 Å². The number of ether oxygens (including phenoxy) is 2. The zero-order valence-corrected chi connectivity index (χ0v) is 19.0. The van der Waals surface area contributed by atoms with E-state index in [9.17, 15) is 14.0 Å². The van der Waals surface area contributed by atoms with Gasteiger partial charge in [-0.3, -0.25) is 9.59 Å². The van der Waals surface area contributed by atoms with Gasteiger partial charge in [0, 0.05) is 6.54 Å². The first-order valence-electron chi connectivity index (χ1n) is 11.0. The minimum Gasteiger partial charge on any atom is -0.497 e. The van der Waals surface area contributed by atoms with E-state index < -0.39 is 23.2 Å². The van der Waals surface area contributed by atoms with Gasteiger partial charge in [-0.25, -0.2) is 4.39 Å². The summed E-state index contributed by atoms with van der Waals surface area (Å²) in [6.45, 7) is 4.20. The van der Waals surface area contributed by atoms with Crippen LogP contribution in [0.3, 0.4) is 0 Å². The Morgan fingerprint density at radius 2 is 1.86 bits per heavy atom. The van der Waals surface area contributed by atoms with E-state index in [4.69, 9.17) is 13.9 Å². The highest BCUT2D eigenvalue weighted by Gasteiger charge is 2.42. The second-order valence-electron chi connectivity index (χ2n) is 8.17. The summed E-state index contributed by atoms with van der Waals surface area (Å²) in [7, 11) is 1.58. The number of nitrogens with zero attached hydrogens (tertiary/aromatic N) is 1. The first kappa shape index (κ1) is 22.4. The van der Waals surface area contributed by atoms with E-state index in [-0.39, 0.29) is 28.8 Å². The lowest BCUT2D eigenvalue weighted by atomic mass is 9.98. The molecule has 7 heteroatoms. The van der Waals surface area contributed by atoms with Crippen molar-refractivity contribution in [3.63, 3.8) is 0 Å². The number of methoxy groups -OCH3 is 1. The Hall–Kier alpha value is -4.39. The van der Waals surface area contributed by atoms with Crippen molar-refractivity contribution >= 4 is 16.9 Å². The molecule has 0 spiro atoms. The molecule has 1 aliphatic heterocycles. The predicted molar refractivity (Wildman–Crippen MR) is 129 cm³/mol. The minimum absolute atomic E-state index is 0.0370. The van der Waals surface area contributed by atoms with Crippen molar-refractivity contribution in [3.05, 3.63) is 118 Å². The third-order valence-corrected chi connectivity index (χ3v) is 5.98. The second kappa shape index (κ2) is 9.10. The summed E-state index contributed by atoms with van der Waals surface area (Å²) in [4.78, 5) is 28.7. The predicted octanol–water partition coefficient (Wildman–Crippen LogP) is 5.25. The highest BCUT2D eigenvalue weighted by Crippen LogP contribution is 2.40. The lowest BCUT2D eigenvalue weighted by molar-refractivity contribution is 0.0714. The van der Waals surface area contributed by atoms with Crippen molar-refractivity contribution in [2.24, 2.45) is 0 Å². The van der Waals surface area contributed by atoms with E-state index in [2.05, 4.69) is 6.58 Å². The molecule has 0 saturated carbocycles. The Kier molecular flexibility index (Phi) is 5.82. The fraction of sp³-hybridized carbons (Fsp3) is 0.143. The number of carbonyl (C=O) groups excluding carboxylic acids is 1. The van der Waals surface area contributed by atoms with Crippen molar-refractivity contribution < 1.29 is 23.1 Å². The van der Waals surface area contributed by atoms with Crippen LogP contribution in [0.4, 0.5) is 4.39 Å². The number of hydrogen-bond donors (Lipinski definition) is 0. The molecule has 4 aromatic rings. The van der Waals surface area contributed by atoms with E-state index in [0.29, 0.717) is 23.7 Å². The summed E-state index contributed by atoms with van der Waals surface area (Å²) in [6, 6.07) is 17.5. The van der Waals surface area contributed by atoms with Crippen molar-refractivity contribution in [1.29, 1.82) is 0 Å². The lowest BCUT2D eigenvalue weighted by Crippen LogP contribution is -2.29. The maximum absolute atomic E-state index is 14.0. The monoisotopic (exact) mass is 471 g/mol. The molecule has 5 rings (SSSR count). The van der Waals surface area contributed by atoms with Crippen LogP contribution in [0.1, 0.15) is 33.3 Å². The van der Waals surface area contributed by atoms with Gasteiger partial charge >= 0.3 is 0 Å². The first-order valence-corrected chi connectivity index (χ1v) is 11.0. The van der Waals surface area contributed by atoms with E-state index >= 15 is 0 Å². The van der Waals surface area contributed by atoms with Crippen LogP contribution >= 0.6 is 0 Å². The molecule has 3 aromatic carbocycles. The maximum Gasteiger partial charge on any atom is 0.291 e. The smallest absolute Gasteiger partial charge is 0.291 e. The highest BCUT2D eigenvalue weighted by atomic mass is 19.1. The minimum atomic E-state index is -0.740. The van der Waals surface area contributed by atoms with Crippen LogP contribution in [0.2, 0.25) is 0 Å². The van der Waals surface area contributed by atoms with E-state index in [0.717, 1.165) is 11.6 Å². The SMILES string of the molecule is C=CCOc1cccc(C2c3c(oc4ccc(F)cc4c3=O)C(=O)N2Cc2ccc(OC)cc2)c1. The fourth-order valence-electron chi connectivity index (χ4n) is 4.36. The van der Waals surface area contributed by atoms with Gasteiger partial charge in [0.05, 0.1) is 24.1 Å². The zero-order chi connectivity index (χ0) is 24.5. The van der Waals surface area contributed by atoms with E-state index in [1.54, 1.807) is 36.3 Å². The van der Waals surface area contributed by atoms with Gasteiger partial charge in [-0.1, -0.05) is 36.9 Å². The second-order valence-corrected chi connectivity index (χ2v) is 8.17. The van der Waals surface area contributed by atoms with Gasteiger partial charge in [-0.2, -0.15) is 0 Å². The number of rotatable bonds is 7. The molecule has 0 radical (unpaired) electrons. The average Bonchev–Trinajstić information content (AvgIpc) is 3.15. The standard InChI is InChI=1S/C28H22FNO5/c1-3-13-34-21-6-4-5-18(14-21)25-24-26(31)22-15-19(29)9-12-23(22)35-27(24)28(32)30(25)16-17-7-10-20(33-2)11-8-17/h3-12,14-15,25H,1,13,16H2,2H3. The summed E-state index contributed by atoms with van der Waals surface area (Å²) < 4.78 is 30.8. The van der Waals surface area contributed by atoms with Crippen LogP contribution in [0, 0.1) is 5.82 Å². The van der Waals surface area contributed by atoms with Gasteiger partial charge in [0.15, 0.2) is 5.43 Å². The van der Waals surface area contributed by atoms with Crippen molar-refractivity contribution in [3.8, 4) is 11.5 Å². The fourth-order valence-corrected chi connectivity index (χ4v) is 4.36. The summed E-state index contributed by atoms with van der Waals surface area (Å²) in [5, 5.41) is 0.0897. The topological polar surface area (TPSA) is 69.0 Å². The number of fused-ring (bicyclic) bond motifs is 2. The molecule has 0 N–H and O–H groups in total. The van der Waals surface area contributed by atoms with Crippen LogP contribution in [0.5, 0.6) is 11.5 Å². The number of carbonyl (C=O) groups is 1. The van der Waals surface area contributed by atoms with E-state index in [1.807, 2.05) is 30.3 Å². The van der Waals surface area contributed by atoms with Crippen LogP contribution in [0.15, 0.2) is 88.6 Å². The third kappa shape index (κ3) is 4.05. The summed E-state index contributed by atoms with van der Waals surface area (Å²) in [6.07, 6.45) is 1.63. The Morgan fingerprint density at radius 1 is 1.06 bits per heavy atom. The van der Waals surface area contributed by atoms with Crippen LogP contribution in [-0.4, -0.2) is 24.5 Å². The zero-order valence-electron chi connectivity index (χ0n) is 19.0. The van der Waals surface area contributed by atoms with Gasteiger partial charge in [0.1, 0.15) is 29.5 Å². The molecule has 1 aromatic heterocycles. The molecule has 6 nitrogen and oxygen atoms in total. The molecular weight excluding hydrogens is 449 g/mol. The largest absolute Gasteiger partial charge is 0.497 e. The molecule has 176 valence electrons. The molecule has 35 heavy (non-hydrogen) atoms. The Balaban J connectivity index is 1.67. The van der Waals surface area contributed by atoms with Crippen molar-refractivity contribution in [2.45, 2.75) is 12.6 Å². The van der Waals surface area contributed by atoms with Crippen molar-refractivity contribution in [2.75, 3.05) is 13.7 Å². The van der Waals surface area contributed by atoms with Crippen molar-refractivity contribution in [1.82, 2.24) is 4.90 Å². The van der Waals surface area contributed by atoms with Gasteiger partial charge in [-0.15, -0.1) is 0 Å². The van der Waals surface area contributed by atoms with Crippen LogP contribution in [0.25, 0.3) is 11.0 Å². The first-order chi connectivity index (χ1) is 17.0. The Labute approximate surface area is 200 Å². The van der Waals surface area contributed by atoms with Crippen LogP contribution in [-0.2, 0) is 6.54 Å². The van der Waals surface area contributed by atoms with Crippen LogP contribution < -0.4 is 14.9 Å². The quantitative estimate of drug-likeness (QED) is 0.344. The highest BCUT2D eigenvalue weighted by molar-refractivity contribution is 5.99. The van der Waals surface area contributed by atoms with Gasteiger partial charge in [0.2, 0.25) is 5.76 Å². The average molecular weight is 471 g/mol. The van der Waals surface area contributed by atoms with Gasteiger partial charge in [-0.05, 0) is 53.6 Å². The molecular formula is C28H22FNO5. The molecule has 1 unspecified atom stereocenters. The molecule has 0 aliphatic carbocycles. The molecule has 0 bridgehead atoms. The Bertz CT molecular complexity index is 1490. The van der Waals surface area contributed by atoms with E-state index in [1.165, 1.54) is 12.1 Å². The number of halogens is 1. The summed E-state index contributed by atoms with van der Waals surface area (Å²) >= 11 is 0. The summed E-state index contributed by atoms with van der Waals surface area (Å²) in [5.41, 5.74) is 1.43. The molecule has 2 heterocycles. The Morgan fingerprint density at radius 3 is 2.60 bits per heavy atom. The molecule has 1 amide bonds. The third-order valence-electron chi connectivity index (χ3n) is 5.98. The molecule has 1 atom stereocenters. The molecule has 0 fully saturated rings. The summed E-state index contributed by atoms with van der Waals surface area (Å²) in [5.74, 6) is 0.259. The number of hydrogen-bond acceptors (Lipinski definition) is 5. The van der Waals surface area contributed by atoms with Gasteiger partial charge in [0.25, 0.3) is 5.91 Å². The lowest BCUT2D eigenvalue weighted by Gasteiger charge is -2.25. The number of amides is 1.